The number of thioether (sulfide) groups is 1. The van der Waals surface area contributed by atoms with Gasteiger partial charge in [-0.2, -0.15) is 5.10 Å². The second-order valence-corrected chi connectivity index (χ2v) is 4.88. The number of anilines is 1. The van der Waals surface area contributed by atoms with E-state index in [1.807, 2.05) is 18.7 Å². The van der Waals surface area contributed by atoms with Crippen LogP contribution in [-0.2, 0) is 13.6 Å². The van der Waals surface area contributed by atoms with Crippen molar-refractivity contribution >= 4 is 17.4 Å². The maximum atomic E-state index is 4.32. The highest BCUT2D eigenvalue weighted by molar-refractivity contribution is 7.98. The van der Waals surface area contributed by atoms with Gasteiger partial charge in [0.1, 0.15) is 0 Å². The third kappa shape index (κ3) is 3.03. The number of aryl methyl sites for hydroxylation is 2. The van der Waals surface area contributed by atoms with Crippen molar-refractivity contribution in [2.24, 2.45) is 7.05 Å². The lowest BCUT2D eigenvalue weighted by Crippen LogP contribution is -1.99. The van der Waals surface area contributed by atoms with Gasteiger partial charge in [-0.25, -0.2) is 0 Å². The van der Waals surface area contributed by atoms with Crippen LogP contribution in [0.3, 0.4) is 0 Å². The number of hydrogen-bond donors (Lipinski definition) is 1. The molecule has 1 aromatic heterocycles. The van der Waals surface area contributed by atoms with E-state index >= 15 is 0 Å². The van der Waals surface area contributed by atoms with Crippen molar-refractivity contribution in [2.45, 2.75) is 18.4 Å². The van der Waals surface area contributed by atoms with Gasteiger partial charge in [0.15, 0.2) is 0 Å². The van der Waals surface area contributed by atoms with E-state index in [2.05, 4.69) is 47.1 Å². The minimum Gasteiger partial charge on any atom is -0.381 e. The van der Waals surface area contributed by atoms with E-state index in [4.69, 9.17) is 0 Å². The van der Waals surface area contributed by atoms with E-state index in [0.29, 0.717) is 0 Å². The SMILES string of the molecule is CSc1ccc(NCc2cn(C)nc2C)cc1. The van der Waals surface area contributed by atoms with Crippen LogP contribution in [0.5, 0.6) is 0 Å². The van der Waals surface area contributed by atoms with Crippen molar-refractivity contribution in [3.63, 3.8) is 0 Å². The Bertz CT molecular complexity index is 488. The fourth-order valence-corrected chi connectivity index (χ4v) is 2.14. The lowest BCUT2D eigenvalue weighted by atomic mass is 10.2. The minimum atomic E-state index is 0.818. The number of nitrogens with one attached hydrogen (secondary N) is 1. The van der Waals surface area contributed by atoms with Crippen LogP contribution in [0.15, 0.2) is 35.4 Å². The van der Waals surface area contributed by atoms with E-state index < -0.39 is 0 Å². The summed E-state index contributed by atoms with van der Waals surface area (Å²) in [5.74, 6) is 0. The summed E-state index contributed by atoms with van der Waals surface area (Å²) in [5.41, 5.74) is 3.47. The van der Waals surface area contributed by atoms with Crippen molar-refractivity contribution in [1.29, 1.82) is 0 Å². The topological polar surface area (TPSA) is 29.9 Å². The molecule has 0 amide bonds. The molecule has 0 saturated carbocycles. The maximum Gasteiger partial charge on any atom is 0.0643 e. The first-order chi connectivity index (χ1) is 8.19. The molecule has 0 fully saturated rings. The maximum absolute atomic E-state index is 4.32. The normalized spacial score (nSPS) is 10.5. The Balaban J connectivity index is 1.99. The summed E-state index contributed by atoms with van der Waals surface area (Å²) in [4.78, 5) is 1.29. The third-order valence-electron chi connectivity index (χ3n) is 2.69. The fourth-order valence-electron chi connectivity index (χ4n) is 1.73. The highest BCUT2D eigenvalue weighted by Crippen LogP contribution is 2.18. The standard InChI is InChI=1S/C13H17N3S/c1-10-11(9-16(2)15-10)8-14-12-4-6-13(17-3)7-5-12/h4-7,9,14H,8H2,1-3H3. The monoisotopic (exact) mass is 247 g/mol. The molecule has 17 heavy (non-hydrogen) atoms. The van der Waals surface area contributed by atoms with Crippen LogP contribution in [0.4, 0.5) is 5.69 Å². The van der Waals surface area contributed by atoms with Crippen molar-refractivity contribution in [2.75, 3.05) is 11.6 Å². The van der Waals surface area contributed by atoms with E-state index in [0.717, 1.165) is 17.9 Å². The van der Waals surface area contributed by atoms with Gasteiger partial charge in [0.25, 0.3) is 0 Å². The van der Waals surface area contributed by atoms with Gasteiger partial charge in [-0.1, -0.05) is 0 Å². The summed E-state index contributed by atoms with van der Waals surface area (Å²) >= 11 is 1.76. The number of nitrogens with zero attached hydrogens (tertiary/aromatic N) is 2. The summed E-state index contributed by atoms with van der Waals surface area (Å²) in [5, 5.41) is 7.73. The average Bonchev–Trinajstić information content (AvgIpc) is 2.66. The van der Waals surface area contributed by atoms with E-state index in [1.54, 1.807) is 11.8 Å². The molecule has 1 aromatic carbocycles. The number of aromatic nitrogens is 2. The van der Waals surface area contributed by atoms with E-state index in [9.17, 15) is 0 Å². The Kier molecular flexibility index (Phi) is 3.74. The zero-order valence-electron chi connectivity index (χ0n) is 10.4. The summed E-state index contributed by atoms with van der Waals surface area (Å²) in [7, 11) is 1.95. The first-order valence-electron chi connectivity index (χ1n) is 5.56. The molecule has 1 heterocycles. The smallest absolute Gasteiger partial charge is 0.0643 e. The Morgan fingerprint density at radius 2 is 2.00 bits per heavy atom. The molecule has 0 atom stereocenters. The van der Waals surface area contributed by atoms with Crippen LogP contribution in [-0.4, -0.2) is 16.0 Å². The number of rotatable bonds is 4. The molecule has 0 aliphatic carbocycles. The van der Waals surface area contributed by atoms with Gasteiger partial charge >= 0.3 is 0 Å². The van der Waals surface area contributed by atoms with Crippen LogP contribution in [0, 0.1) is 6.92 Å². The Hall–Kier alpha value is -1.42. The molecule has 0 spiro atoms. The fraction of sp³-hybridized carbons (Fsp3) is 0.308. The summed E-state index contributed by atoms with van der Waals surface area (Å²) in [6.07, 6.45) is 4.14. The predicted octanol–water partition coefficient (Wildman–Crippen LogP) is 3.06. The molecule has 90 valence electrons. The Labute approximate surface area is 106 Å². The summed E-state index contributed by atoms with van der Waals surface area (Å²) in [6, 6.07) is 8.47. The highest BCUT2D eigenvalue weighted by atomic mass is 32.2. The molecule has 0 unspecified atom stereocenters. The van der Waals surface area contributed by atoms with Gasteiger partial charge in [0.2, 0.25) is 0 Å². The summed E-state index contributed by atoms with van der Waals surface area (Å²) in [6.45, 7) is 2.85. The van der Waals surface area contributed by atoms with E-state index in [1.165, 1.54) is 10.5 Å². The van der Waals surface area contributed by atoms with Crippen LogP contribution >= 0.6 is 11.8 Å². The average molecular weight is 247 g/mol. The molecular weight excluding hydrogens is 230 g/mol. The molecule has 0 aliphatic heterocycles. The quantitative estimate of drug-likeness (QED) is 0.842. The van der Waals surface area contributed by atoms with Crippen molar-refractivity contribution in [3.05, 3.63) is 41.7 Å². The van der Waals surface area contributed by atoms with Crippen molar-refractivity contribution < 1.29 is 0 Å². The minimum absolute atomic E-state index is 0.818. The molecule has 0 saturated heterocycles. The van der Waals surface area contributed by atoms with Gasteiger partial charge in [-0.15, -0.1) is 11.8 Å². The second kappa shape index (κ2) is 5.27. The predicted molar refractivity (Wildman–Crippen MR) is 73.5 cm³/mol. The molecule has 4 heteroatoms. The van der Waals surface area contributed by atoms with Crippen molar-refractivity contribution in [3.8, 4) is 0 Å². The third-order valence-corrected chi connectivity index (χ3v) is 3.43. The molecule has 0 bridgehead atoms. The van der Waals surface area contributed by atoms with Crippen LogP contribution in [0.25, 0.3) is 0 Å². The van der Waals surface area contributed by atoms with Gasteiger partial charge in [0, 0.05) is 35.9 Å². The van der Waals surface area contributed by atoms with E-state index in [-0.39, 0.29) is 0 Å². The summed E-state index contributed by atoms with van der Waals surface area (Å²) < 4.78 is 1.85. The lowest BCUT2D eigenvalue weighted by Gasteiger charge is -2.06. The van der Waals surface area contributed by atoms with Crippen molar-refractivity contribution in [1.82, 2.24) is 9.78 Å². The zero-order valence-corrected chi connectivity index (χ0v) is 11.2. The zero-order chi connectivity index (χ0) is 12.3. The molecule has 2 aromatic rings. The molecule has 0 radical (unpaired) electrons. The van der Waals surface area contributed by atoms with Crippen LogP contribution in [0.2, 0.25) is 0 Å². The van der Waals surface area contributed by atoms with Crippen LogP contribution < -0.4 is 5.32 Å². The number of hydrogen-bond acceptors (Lipinski definition) is 3. The van der Waals surface area contributed by atoms with Gasteiger partial charge in [0.05, 0.1) is 5.69 Å². The Morgan fingerprint density at radius 1 is 1.29 bits per heavy atom. The van der Waals surface area contributed by atoms with Gasteiger partial charge < -0.3 is 5.32 Å². The lowest BCUT2D eigenvalue weighted by molar-refractivity contribution is 0.756. The van der Waals surface area contributed by atoms with Gasteiger partial charge in [-0.05, 0) is 37.4 Å². The Morgan fingerprint density at radius 3 is 2.53 bits per heavy atom. The molecule has 0 aliphatic rings. The largest absolute Gasteiger partial charge is 0.381 e. The molecule has 1 N–H and O–H groups in total. The first-order valence-corrected chi connectivity index (χ1v) is 6.78. The number of benzene rings is 1. The molecular formula is C13H17N3S. The first kappa shape index (κ1) is 12.0. The second-order valence-electron chi connectivity index (χ2n) is 4.00. The van der Waals surface area contributed by atoms with Crippen LogP contribution in [0.1, 0.15) is 11.3 Å². The highest BCUT2D eigenvalue weighted by Gasteiger charge is 2.02. The van der Waals surface area contributed by atoms with Gasteiger partial charge in [-0.3, -0.25) is 4.68 Å². The molecule has 2 rings (SSSR count). The molecule has 3 nitrogen and oxygen atoms in total.